The largest absolute Gasteiger partial charge is 0.343 e. The van der Waals surface area contributed by atoms with Gasteiger partial charge >= 0.3 is 0 Å². The number of benzene rings is 1. The molecule has 3 heterocycles. The van der Waals surface area contributed by atoms with Crippen LogP contribution in [0.3, 0.4) is 0 Å². The molecule has 0 bridgehead atoms. The number of thiazole rings is 1. The minimum absolute atomic E-state index is 0.137. The molecule has 7 heteroatoms. The molecule has 148 valence electrons. The number of nitrogens with one attached hydrogen (secondary N) is 1. The Morgan fingerprint density at radius 3 is 2.66 bits per heavy atom. The lowest BCUT2D eigenvalue weighted by Crippen LogP contribution is -2.27. The van der Waals surface area contributed by atoms with Crippen molar-refractivity contribution in [1.82, 2.24) is 20.2 Å². The van der Waals surface area contributed by atoms with Crippen LogP contribution >= 0.6 is 11.3 Å². The molecule has 1 aliphatic heterocycles. The summed E-state index contributed by atoms with van der Waals surface area (Å²) in [6.07, 6.45) is 5.04. The number of amides is 2. The SMILES string of the molecule is CC(NC(=O)c1ccc(CN2CCCC2=O)cc1)c1nc(-c2ccncc2)cs1. The van der Waals surface area contributed by atoms with E-state index in [0.29, 0.717) is 18.5 Å². The molecule has 29 heavy (non-hydrogen) atoms. The highest BCUT2D eigenvalue weighted by molar-refractivity contribution is 7.10. The van der Waals surface area contributed by atoms with E-state index in [1.165, 1.54) is 11.3 Å². The molecule has 2 amide bonds. The highest BCUT2D eigenvalue weighted by Crippen LogP contribution is 2.25. The highest BCUT2D eigenvalue weighted by Gasteiger charge is 2.20. The first-order chi connectivity index (χ1) is 14.1. The number of aromatic nitrogens is 2. The maximum atomic E-state index is 12.6. The van der Waals surface area contributed by atoms with Crippen LogP contribution in [0, 0.1) is 0 Å². The van der Waals surface area contributed by atoms with Gasteiger partial charge in [0, 0.05) is 48.4 Å². The second-order valence-corrected chi connectivity index (χ2v) is 8.01. The molecule has 0 spiro atoms. The molecular weight excluding hydrogens is 384 g/mol. The van der Waals surface area contributed by atoms with Gasteiger partial charge in [0.2, 0.25) is 5.91 Å². The molecule has 0 saturated carbocycles. The third kappa shape index (κ3) is 4.51. The molecule has 0 radical (unpaired) electrons. The Morgan fingerprint density at radius 2 is 1.97 bits per heavy atom. The van der Waals surface area contributed by atoms with Gasteiger partial charge in [0.1, 0.15) is 5.01 Å². The first-order valence-corrected chi connectivity index (χ1v) is 10.5. The summed E-state index contributed by atoms with van der Waals surface area (Å²) in [4.78, 5) is 34.9. The van der Waals surface area contributed by atoms with Crippen molar-refractivity contribution in [2.24, 2.45) is 0 Å². The van der Waals surface area contributed by atoms with E-state index in [4.69, 9.17) is 0 Å². The van der Waals surface area contributed by atoms with Crippen LogP contribution in [0.2, 0.25) is 0 Å². The summed E-state index contributed by atoms with van der Waals surface area (Å²) < 4.78 is 0. The van der Waals surface area contributed by atoms with Gasteiger partial charge in [-0.25, -0.2) is 4.98 Å². The smallest absolute Gasteiger partial charge is 0.251 e. The fraction of sp³-hybridized carbons (Fsp3) is 0.273. The number of hydrogen-bond acceptors (Lipinski definition) is 5. The number of carbonyl (C=O) groups excluding carboxylic acids is 2. The number of likely N-dealkylation sites (tertiary alicyclic amines) is 1. The van der Waals surface area contributed by atoms with Crippen molar-refractivity contribution in [3.8, 4) is 11.3 Å². The van der Waals surface area contributed by atoms with E-state index >= 15 is 0 Å². The quantitative estimate of drug-likeness (QED) is 0.675. The molecule has 2 aromatic heterocycles. The van der Waals surface area contributed by atoms with Crippen LogP contribution in [0.1, 0.15) is 46.7 Å². The molecule has 1 aromatic carbocycles. The number of carbonyl (C=O) groups is 2. The van der Waals surface area contributed by atoms with Gasteiger partial charge in [-0.3, -0.25) is 14.6 Å². The molecule has 1 aliphatic rings. The predicted molar refractivity (Wildman–Crippen MR) is 112 cm³/mol. The van der Waals surface area contributed by atoms with E-state index in [2.05, 4.69) is 15.3 Å². The third-order valence-electron chi connectivity index (χ3n) is 4.98. The molecular formula is C22H22N4O2S. The maximum absolute atomic E-state index is 12.6. The van der Waals surface area contributed by atoms with Crippen LogP contribution in [-0.2, 0) is 11.3 Å². The van der Waals surface area contributed by atoms with Crippen LogP contribution in [0.5, 0.6) is 0 Å². The first-order valence-electron chi connectivity index (χ1n) is 9.63. The summed E-state index contributed by atoms with van der Waals surface area (Å²) in [7, 11) is 0. The van der Waals surface area contributed by atoms with E-state index < -0.39 is 0 Å². The van der Waals surface area contributed by atoms with Gasteiger partial charge in [-0.1, -0.05) is 12.1 Å². The fourth-order valence-corrected chi connectivity index (χ4v) is 4.17. The van der Waals surface area contributed by atoms with Gasteiger partial charge < -0.3 is 10.2 Å². The lowest BCUT2D eigenvalue weighted by atomic mass is 10.1. The van der Waals surface area contributed by atoms with Gasteiger partial charge in [-0.05, 0) is 43.2 Å². The van der Waals surface area contributed by atoms with Gasteiger partial charge in [-0.2, -0.15) is 0 Å². The van der Waals surface area contributed by atoms with Crippen LogP contribution in [0.4, 0.5) is 0 Å². The number of rotatable bonds is 6. The van der Waals surface area contributed by atoms with Crippen LogP contribution in [0.25, 0.3) is 11.3 Å². The average Bonchev–Trinajstić information content (AvgIpc) is 3.39. The van der Waals surface area contributed by atoms with Crippen LogP contribution in [-0.4, -0.2) is 33.2 Å². The summed E-state index contributed by atoms with van der Waals surface area (Å²) in [6, 6.07) is 11.1. The predicted octanol–water partition coefficient (Wildman–Crippen LogP) is 3.82. The van der Waals surface area contributed by atoms with E-state index in [0.717, 1.165) is 34.8 Å². The first kappa shape index (κ1) is 19.3. The molecule has 1 saturated heterocycles. The summed E-state index contributed by atoms with van der Waals surface area (Å²) >= 11 is 1.53. The van der Waals surface area contributed by atoms with Gasteiger partial charge in [0.15, 0.2) is 0 Å². The van der Waals surface area contributed by atoms with Crippen molar-refractivity contribution < 1.29 is 9.59 Å². The molecule has 1 atom stereocenters. The van der Waals surface area contributed by atoms with Crippen molar-refractivity contribution in [2.45, 2.75) is 32.4 Å². The number of pyridine rings is 1. The zero-order valence-corrected chi connectivity index (χ0v) is 17.0. The van der Waals surface area contributed by atoms with E-state index in [-0.39, 0.29) is 17.9 Å². The monoisotopic (exact) mass is 406 g/mol. The molecule has 1 fully saturated rings. The average molecular weight is 407 g/mol. The minimum atomic E-state index is -0.190. The number of nitrogens with zero attached hydrogens (tertiary/aromatic N) is 3. The number of hydrogen-bond donors (Lipinski definition) is 1. The lowest BCUT2D eigenvalue weighted by Gasteiger charge is -2.16. The van der Waals surface area contributed by atoms with Crippen molar-refractivity contribution in [3.63, 3.8) is 0 Å². The topological polar surface area (TPSA) is 75.2 Å². The molecule has 1 unspecified atom stereocenters. The normalized spacial score (nSPS) is 14.8. The molecule has 3 aromatic rings. The Bertz CT molecular complexity index is 1000. The zero-order chi connectivity index (χ0) is 20.2. The van der Waals surface area contributed by atoms with Crippen LogP contribution < -0.4 is 5.32 Å². The third-order valence-corrected chi connectivity index (χ3v) is 6.00. The van der Waals surface area contributed by atoms with E-state index in [1.54, 1.807) is 12.4 Å². The van der Waals surface area contributed by atoms with Crippen molar-refractivity contribution >= 4 is 23.2 Å². The fourth-order valence-electron chi connectivity index (χ4n) is 3.34. The Hall–Kier alpha value is -3.06. The van der Waals surface area contributed by atoms with Crippen molar-refractivity contribution in [3.05, 3.63) is 70.3 Å². The maximum Gasteiger partial charge on any atom is 0.251 e. The summed E-state index contributed by atoms with van der Waals surface area (Å²) in [6.45, 7) is 3.35. The standard InChI is InChI=1S/C22H22N4O2S/c1-15(22-25-19(14-29-22)17-8-10-23-11-9-17)24-21(28)18-6-4-16(5-7-18)13-26-12-2-3-20(26)27/h4-11,14-15H,2-3,12-13H2,1H3,(H,24,28). The highest BCUT2D eigenvalue weighted by atomic mass is 32.1. The Morgan fingerprint density at radius 1 is 1.21 bits per heavy atom. The minimum Gasteiger partial charge on any atom is -0.343 e. The van der Waals surface area contributed by atoms with Gasteiger partial charge in [-0.15, -0.1) is 11.3 Å². The van der Waals surface area contributed by atoms with Crippen molar-refractivity contribution in [2.75, 3.05) is 6.54 Å². The summed E-state index contributed by atoms with van der Waals surface area (Å²) in [5.41, 5.74) is 3.52. The van der Waals surface area contributed by atoms with E-state index in [9.17, 15) is 9.59 Å². The second-order valence-electron chi connectivity index (χ2n) is 7.12. The summed E-state index contributed by atoms with van der Waals surface area (Å²) in [5, 5.41) is 5.85. The van der Waals surface area contributed by atoms with Crippen LogP contribution in [0.15, 0.2) is 54.2 Å². The van der Waals surface area contributed by atoms with E-state index in [1.807, 2.05) is 53.6 Å². The summed E-state index contributed by atoms with van der Waals surface area (Å²) in [5.74, 6) is 0.0668. The Labute approximate surface area is 173 Å². The van der Waals surface area contributed by atoms with Crippen molar-refractivity contribution in [1.29, 1.82) is 0 Å². The zero-order valence-electron chi connectivity index (χ0n) is 16.2. The molecule has 6 nitrogen and oxygen atoms in total. The lowest BCUT2D eigenvalue weighted by molar-refractivity contribution is -0.128. The molecule has 0 aliphatic carbocycles. The Kier molecular flexibility index (Phi) is 5.67. The van der Waals surface area contributed by atoms with Gasteiger partial charge in [0.05, 0.1) is 11.7 Å². The van der Waals surface area contributed by atoms with Gasteiger partial charge in [0.25, 0.3) is 5.91 Å². The second kappa shape index (κ2) is 8.53. The molecule has 1 N–H and O–H groups in total. The Balaban J connectivity index is 1.37. The molecule has 4 rings (SSSR count).